The third kappa shape index (κ3) is 5.26. The van der Waals surface area contributed by atoms with Crippen molar-refractivity contribution >= 4 is 18.1 Å². The van der Waals surface area contributed by atoms with Crippen LogP contribution in [-0.2, 0) is 9.59 Å². The maximum Gasteiger partial charge on any atom is 0.260 e. The lowest BCUT2D eigenvalue weighted by atomic mass is 10.2. The molecule has 1 aromatic carbocycles. The molecule has 24 heavy (non-hydrogen) atoms. The molecule has 0 spiro atoms. The Balaban J connectivity index is 1.87. The van der Waals surface area contributed by atoms with Gasteiger partial charge < -0.3 is 19.7 Å². The molecule has 0 radical (unpaired) electrons. The van der Waals surface area contributed by atoms with E-state index in [0.29, 0.717) is 30.0 Å². The molecule has 7 nitrogen and oxygen atoms in total. The van der Waals surface area contributed by atoms with Crippen molar-refractivity contribution < 1.29 is 23.9 Å². The highest BCUT2D eigenvalue weighted by Gasteiger charge is 2.24. The van der Waals surface area contributed by atoms with E-state index in [2.05, 4.69) is 5.32 Å². The first-order valence-electron chi connectivity index (χ1n) is 7.91. The van der Waals surface area contributed by atoms with Gasteiger partial charge in [0.1, 0.15) is 6.29 Å². The summed E-state index contributed by atoms with van der Waals surface area (Å²) in [5.74, 6) is 0.303. The van der Waals surface area contributed by atoms with E-state index in [0.717, 1.165) is 12.8 Å². The molecule has 1 fully saturated rings. The van der Waals surface area contributed by atoms with Gasteiger partial charge in [0.05, 0.1) is 13.2 Å². The van der Waals surface area contributed by atoms with Gasteiger partial charge in [0.2, 0.25) is 5.91 Å². The lowest BCUT2D eigenvalue weighted by molar-refractivity contribution is -0.136. The number of amides is 2. The molecule has 1 N–H and O–H groups in total. The summed E-state index contributed by atoms with van der Waals surface area (Å²) in [4.78, 5) is 35.9. The number of hydrogen-bond acceptors (Lipinski definition) is 5. The van der Waals surface area contributed by atoms with E-state index in [9.17, 15) is 14.4 Å². The number of hydrogen-bond donors (Lipinski definition) is 1. The third-order valence-electron chi connectivity index (χ3n) is 3.50. The summed E-state index contributed by atoms with van der Waals surface area (Å²) in [5.41, 5.74) is 0.464. The summed E-state index contributed by atoms with van der Waals surface area (Å²) < 4.78 is 10.9. The second-order valence-electron chi connectivity index (χ2n) is 5.64. The van der Waals surface area contributed by atoms with Crippen LogP contribution in [0.25, 0.3) is 0 Å². The number of nitrogens with zero attached hydrogens (tertiary/aromatic N) is 1. The van der Waals surface area contributed by atoms with Gasteiger partial charge in [-0.1, -0.05) is 0 Å². The van der Waals surface area contributed by atoms with Crippen molar-refractivity contribution in [2.45, 2.75) is 25.8 Å². The SMILES string of the molecule is CCOc1cc(C=O)ccc1OCC(=O)N(C)CC(=O)NC1CC1. The number of rotatable bonds is 9. The first-order valence-corrected chi connectivity index (χ1v) is 7.91. The van der Waals surface area contributed by atoms with Gasteiger partial charge in [-0.2, -0.15) is 0 Å². The largest absolute Gasteiger partial charge is 0.490 e. The second kappa shape index (κ2) is 8.33. The van der Waals surface area contributed by atoms with Crippen LogP contribution in [0.1, 0.15) is 30.1 Å². The van der Waals surface area contributed by atoms with Gasteiger partial charge in [0.25, 0.3) is 5.91 Å². The van der Waals surface area contributed by atoms with Gasteiger partial charge in [-0.3, -0.25) is 14.4 Å². The molecule has 0 unspecified atom stereocenters. The molecule has 1 aromatic rings. The highest BCUT2D eigenvalue weighted by molar-refractivity contribution is 5.85. The van der Waals surface area contributed by atoms with E-state index in [4.69, 9.17) is 9.47 Å². The zero-order valence-electron chi connectivity index (χ0n) is 13.9. The minimum Gasteiger partial charge on any atom is -0.490 e. The van der Waals surface area contributed by atoms with Crippen molar-refractivity contribution in [1.29, 1.82) is 0 Å². The zero-order valence-corrected chi connectivity index (χ0v) is 13.9. The van der Waals surface area contributed by atoms with E-state index in [1.165, 1.54) is 4.90 Å². The van der Waals surface area contributed by atoms with Crippen molar-refractivity contribution in [1.82, 2.24) is 10.2 Å². The van der Waals surface area contributed by atoms with Gasteiger partial charge in [-0.15, -0.1) is 0 Å². The molecule has 0 aliphatic heterocycles. The number of likely N-dealkylation sites (N-methyl/N-ethyl adjacent to an activating group) is 1. The zero-order chi connectivity index (χ0) is 17.5. The van der Waals surface area contributed by atoms with Crippen LogP contribution in [0.5, 0.6) is 11.5 Å². The number of aldehydes is 1. The van der Waals surface area contributed by atoms with Gasteiger partial charge in [-0.05, 0) is 38.0 Å². The van der Waals surface area contributed by atoms with Crippen LogP contribution < -0.4 is 14.8 Å². The molecule has 7 heteroatoms. The summed E-state index contributed by atoms with van der Waals surface area (Å²) in [5, 5.41) is 2.83. The monoisotopic (exact) mass is 334 g/mol. The molecular formula is C17H22N2O5. The summed E-state index contributed by atoms with van der Waals surface area (Å²) in [6.07, 6.45) is 2.72. The lowest BCUT2D eigenvalue weighted by Gasteiger charge is -2.18. The smallest absolute Gasteiger partial charge is 0.260 e. The molecular weight excluding hydrogens is 312 g/mol. The van der Waals surface area contributed by atoms with Crippen molar-refractivity contribution in [3.05, 3.63) is 23.8 Å². The molecule has 1 aliphatic rings. The number of carbonyl (C=O) groups is 3. The normalized spacial score (nSPS) is 13.1. The van der Waals surface area contributed by atoms with Crippen LogP contribution in [0.2, 0.25) is 0 Å². The summed E-state index contributed by atoms with van der Waals surface area (Å²) in [6, 6.07) is 5.00. The fraction of sp³-hybridized carbons (Fsp3) is 0.471. The Morgan fingerprint density at radius 1 is 1.29 bits per heavy atom. The molecule has 1 aliphatic carbocycles. The fourth-order valence-electron chi connectivity index (χ4n) is 2.04. The van der Waals surface area contributed by atoms with Crippen LogP contribution in [0, 0.1) is 0 Å². The fourth-order valence-corrected chi connectivity index (χ4v) is 2.04. The standard InChI is InChI=1S/C17H22N2O5/c1-3-23-15-8-12(10-20)4-7-14(15)24-11-17(22)19(2)9-16(21)18-13-5-6-13/h4,7-8,10,13H,3,5-6,9,11H2,1-2H3,(H,18,21). The Bertz CT molecular complexity index is 613. The van der Waals surface area contributed by atoms with Crippen molar-refractivity contribution in [3.63, 3.8) is 0 Å². The van der Waals surface area contributed by atoms with Crippen LogP contribution in [-0.4, -0.2) is 55.8 Å². The van der Waals surface area contributed by atoms with E-state index in [1.54, 1.807) is 25.2 Å². The van der Waals surface area contributed by atoms with Gasteiger partial charge in [-0.25, -0.2) is 0 Å². The van der Waals surface area contributed by atoms with Gasteiger partial charge in [0.15, 0.2) is 18.1 Å². The highest BCUT2D eigenvalue weighted by atomic mass is 16.5. The van der Waals surface area contributed by atoms with Crippen molar-refractivity contribution in [2.24, 2.45) is 0 Å². The number of ether oxygens (including phenoxy) is 2. The Morgan fingerprint density at radius 3 is 2.67 bits per heavy atom. The van der Waals surface area contributed by atoms with Crippen LogP contribution >= 0.6 is 0 Å². The first-order chi connectivity index (χ1) is 11.5. The Labute approximate surface area is 140 Å². The number of nitrogens with one attached hydrogen (secondary N) is 1. The van der Waals surface area contributed by atoms with Crippen molar-refractivity contribution in [2.75, 3.05) is 26.8 Å². The van der Waals surface area contributed by atoms with Crippen LogP contribution in [0.4, 0.5) is 0 Å². The van der Waals surface area contributed by atoms with Crippen LogP contribution in [0.3, 0.4) is 0 Å². The summed E-state index contributed by atoms with van der Waals surface area (Å²) >= 11 is 0. The molecule has 0 saturated heterocycles. The third-order valence-corrected chi connectivity index (χ3v) is 3.50. The molecule has 0 heterocycles. The molecule has 130 valence electrons. The molecule has 0 bridgehead atoms. The maximum atomic E-state index is 12.1. The molecule has 0 aromatic heterocycles. The van der Waals surface area contributed by atoms with E-state index >= 15 is 0 Å². The molecule has 2 rings (SSSR count). The quantitative estimate of drug-likeness (QED) is 0.682. The maximum absolute atomic E-state index is 12.1. The van der Waals surface area contributed by atoms with Gasteiger partial charge in [0, 0.05) is 18.7 Å². The lowest BCUT2D eigenvalue weighted by Crippen LogP contribution is -2.40. The van der Waals surface area contributed by atoms with E-state index < -0.39 is 0 Å². The average molecular weight is 334 g/mol. The Kier molecular flexibility index (Phi) is 6.17. The number of benzene rings is 1. The average Bonchev–Trinajstić information content (AvgIpc) is 3.37. The minimum atomic E-state index is -0.317. The van der Waals surface area contributed by atoms with Gasteiger partial charge >= 0.3 is 0 Å². The topological polar surface area (TPSA) is 84.9 Å². The van der Waals surface area contributed by atoms with E-state index in [1.807, 2.05) is 6.92 Å². The molecule has 0 atom stereocenters. The van der Waals surface area contributed by atoms with E-state index in [-0.39, 0.29) is 31.0 Å². The highest BCUT2D eigenvalue weighted by Crippen LogP contribution is 2.28. The first kappa shape index (κ1) is 17.8. The Hall–Kier alpha value is -2.57. The second-order valence-corrected chi connectivity index (χ2v) is 5.64. The minimum absolute atomic E-state index is 0.00108. The van der Waals surface area contributed by atoms with Crippen molar-refractivity contribution in [3.8, 4) is 11.5 Å². The summed E-state index contributed by atoms with van der Waals surface area (Å²) in [7, 11) is 1.55. The number of carbonyl (C=O) groups excluding carboxylic acids is 3. The molecule has 2 amide bonds. The Morgan fingerprint density at radius 2 is 2.04 bits per heavy atom. The van der Waals surface area contributed by atoms with Crippen LogP contribution in [0.15, 0.2) is 18.2 Å². The summed E-state index contributed by atoms with van der Waals surface area (Å²) in [6.45, 7) is 2.01. The molecule has 1 saturated carbocycles. The predicted octanol–water partition coefficient (Wildman–Crippen LogP) is 1.01. The predicted molar refractivity (Wildman–Crippen MR) is 87.3 cm³/mol.